The van der Waals surface area contributed by atoms with E-state index in [1.54, 1.807) is 6.21 Å². The second-order valence-corrected chi connectivity index (χ2v) is 8.47. The molecule has 4 rings (SSSR count). The first-order valence-electron chi connectivity index (χ1n) is 10.6. The summed E-state index contributed by atoms with van der Waals surface area (Å²) in [6.07, 6.45) is 1.67. The third kappa shape index (κ3) is 4.46. The molecule has 0 unspecified atom stereocenters. The highest BCUT2D eigenvalue weighted by Gasteiger charge is 2.12. The quantitative estimate of drug-likeness (QED) is 0.207. The molecule has 0 aliphatic carbocycles. The number of nitrogens with zero attached hydrogens (tertiary/aromatic N) is 1. The monoisotopic (exact) mass is 444 g/mol. The van der Waals surface area contributed by atoms with Gasteiger partial charge in [0.1, 0.15) is 5.75 Å². The van der Waals surface area contributed by atoms with Crippen LogP contribution >= 0.6 is 11.6 Å². The van der Waals surface area contributed by atoms with E-state index in [1.807, 2.05) is 67.6 Å². The molecule has 0 saturated heterocycles. The lowest BCUT2D eigenvalue weighted by Crippen LogP contribution is -2.25. The second-order valence-electron chi connectivity index (χ2n) is 8.10. The Kier molecular flexibility index (Phi) is 6.42. The van der Waals surface area contributed by atoms with Crippen molar-refractivity contribution in [3.05, 3.63) is 88.4 Å². The van der Waals surface area contributed by atoms with E-state index in [0.717, 1.165) is 44.0 Å². The van der Waals surface area contributed by atoms with Crippen LogP contribution in [-0.2, 0) is 4.79 Å². The molecule has 0 heterocycles. The van der Waals surface area contributed by atoms with Crippen molar-refractivity contribution in [2.24, 2.45) is 5.10 Å². The van der Waals surface area contributed by atoms with E-state index < -0.39 is 0 Å². The molecule has 0 aliphatic heterocycles. The Hall–Kier alpha value is -3.37. The molecular formula is C27H25ClN2O2. The number of aryl methyl sites for hydroxylation is 1. The molecule has 0 saturated carbocycles. The second kappa shape index (κ2) is 9.41. The summed E-state index contributed by atoms with van der Waals surface area (Å²) in [6.45, 7) is 6.14. The Morgan fingerprint density at radius 2 is 1.59 bits per heavy atom. The number of carbonyl (C=O) groups is 1. The van der Waals surface area contributed by atoms with Crippen molar-refractivity contribution >= 4 is 45.3 Å². The molecule has 0 radical (unpaired) electrons. The third-order valence-corrected chi connectivity index (χ3v) is 5.84. The topological polar surface area (TPSA) is 50.7 Å². The van der Waals surface area contributed by atoms with Gasteiger partial charge in [-0.15, -0.1) is 0 Å². The van der Waals surface area contributed by atoms with Crippen LogP contribution in [-0.4, -0.2) is 18.7 Å². The lowest BCUT2D eigenvalue weighted by Gasteiger charge is -2.14. The van der Waals surface area contributed by atoms with Gasteiger partial charge in [-0.25, -0.2) is 5.43 Å². The minimum atomic E-state index is -0.320. The maximum absolute atomic E-state index is 12.4. The number of hydrogen-bond acceptors (Lipinski definition) is 3. The van der Waals surface area contributed by atoms with Crippen molar-refractivity contribution in [2.45, 2.75) is 26.7 Å². The number of carbonyl (C=O) groups excluding carboxylic acids is 1. The number of hydrazone groups is 1. The highest BCUT2D eigenvalue weighted by molar-refractivity contribution is 6.42. The standard InChI is InChI=1S/C27H25ClN2O2/c1-17(2)23-14-18(3)12-13-25(23)32-16-26(31)30-29-15-24-19-8-4-6-10-21(19)27(28)22-11-7-5-9-20(22)24/h4-15,17H,16H2,1-3H3,(H,30,31)/b29-15-. The van der Waals surface area contributed by atoms with Crippen LogP contribution in [0.1, 0.15) is 36.5 Å². The zero-order chi connectivity index (χ0) is 22.7. The summed E-state index contributed by atoms with van der Waals surface area (Å²) in [5.41, 5.74) is 5.73. The van der Waals surface area contributed by atoms with Gasteiger partial charge in [0.2, 0.25) is 0 Å². The number of nitrogens with one attached hydrogen (secondary N) is 1. The molecule has 4 aromatic carbocycles. The van der Waals surface area contributed by atoms with Gasteiger partial charge >= 0.3 is 0 Å². The molecule has 5 heteroatoms. The summed E-state index contributed by atoms with van der Waals surface area (Å²) in [6, 6.07) is 21.8. The fourth-order valence-electron chi connectivity index (χ4n) is 3.84. The minimum absolute atomic E-state index is 0.109. The Balaban J connectivity index is 1.53. The van der Waals surface area contributed by atoms with Crippen molar-refractivity contribution in [3.8, 4) is 5.75 Å². The molecule has 1 N–H and O–H groups in total. The van der Waals surface area contributed by atoms with E-state index in [2.05, 4.69) is 30.4 Å². The van der Waals surface area contributed by atoms with Gasteiger partial charge in [0.05, 0.1) is 11.2 Å². The molecule has 0 fully saturated rings. The van der Waals surface area contributed by atoms with E-state index in [-0.39, 0.29) is 12.5 Å². The van der Waals surface area contributed by atoms with Gasteiger partial charge < -0.3 is 4.74 Å². The van der Waals surface area contributed by atoms with Crippen molar-refractivity contribution in [3.63, 3.8) is 0 Å². The van der Waals surface area contributed by atoms with Gasteiger partial charge in [0, 0.05) is 16.3 Å². The van der Waals surface area contributed by atoms with E-state index in [0.29, 0.717) is 10.9 Å². The summed E-state index contributed by atoms with van der Waals surface area (Å²) in [5.74, 6) is 0.705. The fraction of sp³-hybridized carbons (Fsp3) is 0.185. The van der Waals surface area contributed by atoms with Crippen LogP contribution < -0.4 is 10.2 Å². The van der Waals surface area contributed by atoms with Gasteiger partial charge in [-0.05, 0) is 35.2 Å². The van der Waals surface area contributed by atoms with Gasteiger partial charge in [0.25, 0.3) is 5.91 Å². The molecule has 4 nitrogen and oxygen atoms in total. The molecular weight excluding hydrogens is 420 g/mol. The number of fused-ring (bicyclic) bond motifs is 2. The number of benzene rings is 4. The normalized spacial score (nSPS) is 11.5. The first-order valence-corrected chi connectivity index (χ1v) is 11.0. The molecule has 0 aliphatic rings. The van der Waals surface area contributed by atoms with Crippen LogP contribution in [0.25, 0.3) is 21.5 Å². The lowest BCUT2D eigenvalue weighted by molar-refractivity contribution is -0.123. The van der Waals surface area contributed by atoms with Crippen LogP contribution in [0.15, 0.2) is 71.8 Å². The Morgan fingerprint density at radius 3 is 2.19 bits per heavy atom. The van der Waals surface area contributed by atoms with Crippen LogP contribution in [0.3, 0.4) is 0 Å². The molecule has 4 aromatic rings. The van der Waals surface area contributed by atoms with Gasteiger partial charge in [-0.1, -0.05) is 91.7 Å². The average molecular weight is 445 g/mol. The van der Waals surface area contributed by atoms with Crippen LogP contribution in [0.2, 0.25) is 5.02 Å². The van der Waals surface area contributed by atoms with Gasteiger partial charge in [-0.3, -0.25) is 4.79 Å². The number of rotatable bonds is 6. The molecule has 0 aromatic heterocycles. The first kappa shape index (κ1) is 21.8. The van der Waals surface area contributed by atoms with Crippen molar-refractivity contribution < 1.29 is 9.53 Å². The van der Waals surface area contributed by atoms with Crippen molar-refractivity contribution in [1.29, 1.82) is 0 Å². The number of ether oxygens (including phenoxy) is 1. The molecule has 1 amide bonds. The third-order valence-electron chi connectivity index (χ3n) is 5.44. The highest BCUT2D eigenvalue weighted by Crippen LogP contribution is 2.35. The summed E-state index contributed by atoms with van der Waals surface area (Å²) >= 11 is 6.64. The zero-order valence-corrected chi connectivity index (χ0v) is 19.1. The Bertz CT molecular complexity index is 1270. The smallest absolute Gasteiger partial charge is 0.277 e. The van der Waals surface area contributed by atoms with Crippen LogP contribution in [0.5, 0.6) is 5.75 Å². The van der Waals surface area contributed by atoms with Gasteiger partial charge in [-0.2, -0.15) is 5.10 Å². The Morgan fingerprint density at radius 1 is 1.00 bits per heavy atom. The van der Waals surface area contributed by atoms with E-state index >= 15 is 0 Å². The van der Waals surface area contributed by atoms with Crippen molar-refractivity contribution in [1.82, 2.24) is 5.43 Å². The average Bonchev–Trinajstić information content (AvgIpc) is 2.80. The van der Waals surface area contributed by atoms with Gasteiger partial charge in [0.15, 0.2) is 6.61 Å². The lowest BCUT2D eigenvalue weighted by atomic mass is 9.97. The predicted octanol–water partition coefficient (Wildman–Crippen LogP) is 6.61. The zero-order valence-electron chi connectivity index (χ0n) is 18.4. The maximum atomic E-state index is 12.4. The maximum Gasteiger partial charge on any atom is 0.277 e. The summed E-state index contributed by atoms with van der Waals surface area (Å²) in [7, 11) is 0. The largest absolute Gasteiger partial charge is 0.483 e. The Labute approximate surface area is 192 Å². The first-order chi connectivity index (χ1) is 15.5. The number of amides is 1. The molecule has 0 spiro atoms. The highest BCUT2D eigenvalue weighted by atomic mass is 35.5. The summed E-state index contributed by atoms with van der Waals surface area (Å²) < 4.78 is 5.77. The number of hydrogen-bond donors (Lipinski definition) is 1. The predicted molar refractivity (Wildman–Crippen MR) is 133 cm³/mol. The van der Waals surface area contributed by atoms with Crippen LogP contribution in [0, 0.1) is 6.92 Å². The van der Waals surface area contributed by atoms with E-state index in [9.17, 15) is 4.79 Å². The van der Waals surface area contributed by atoms with E-state index in [1.165, 1.54) is 0 Å². The SMILES string of the molecule is Cc1ccc(OCC(=O)N/N=C\c2c3ccccc3c(Cl)c3ccccc23)c(C(C)C)c1. The summed E-state index contributed by atoms with van der Waals surface area (Å²) in [4.78, 5) is 12.4. The van der Waals surface area contributed by atoms with E-state index in [4.69, 9.17) is 16.3 Å². The summed E-state index contributed by atoms with van der Waals surface area (Å²) in [5, 5.41) is 8.77. The minimum Gasteiger partial charge on any atom is -0.483 e. The van der Waals surface area contributed by atoms with Crippen LogP contribution in [0.4, 0.5) is 0 Å². The molecule has 162 valence electrons. The van der Waals surface area contributed by atoms with Crippen molar-refractivity contribution in [2.75, 3.05) is 6.61 Å². The molecule has 0 bridgehead atoms. The molecule has 32 heavy (non-hydrogen) atoms. The molecule has 0 atom stereocenters. The number of halogens is 1. The fourth-order valence-corrected chi connectivity index (χ4v) is 4.17.